The number of hydrogen-bond donors (Lipinski definition) is 2. The summed E-state index contributed by atoms with van der Waals surface area (Å²) in [5, 5.41) is 11.6. The van der Waals surface area contributed by atoms with Crippen LogP contribution in [0.25, 0.3) is 0 Å². The number of thioether (sulfide) groups is 1. The lowest BCUT2D eigenvalue weighted by Gasteiger charge is -2.56. The second-order valence-corrected chi connectivity index (χ2v) is 8.37. The topological polar surface area (TPSA) is 66.4 Å². The molecule has 0 aliphatic heterocycles. The van der Waals surface area contributed by atoms with E-state index in [-0.39, 0.29) is 17.2 Å². The molecule has 4 rings (SSSR count). The van der Waals surface area contributed by atoms with E-state index in [1.165, 1.54) is 31.0 Å². The summed E-state index contributed by atoms with van der Waals surface area (Å²) >= 11 is 1.21. The largest absolute Gasteiger partial charge is 0.480 e. The van der Waals surface area contributed by atoms with Crippen molar-refractivity contribution in [2.45, 2.75) is 56.2 Å². The second kappa shape index (κ2) is 5.24. The molecule has 4 fully saturated rings. The Morgan fingerprint density at radius 2 is 1.70 bits per heavy atom. The molecule has 0 heterocycles. The number of hydrogen-bond acceptors (Lipinski definition) is 3. The first-order chi connectivity index (χ1) is 9.46. The third-order valence-electron chi connectivity index (χ3n) is 5.26. The number of amides is 1. The summed E-state index contributed by atoms with van der Waals surface area (Å²) in [6.07, 6.45) is 7.51. The Bertz CT molecular complexity index is 388. The molecule has 0 unspecified atom stereocenters. The van der Waals surface area contributed by atoms with Crippen molar-refractivity contribution in [3.63, 3.8) is 0 Å². The molecule has 1 atom stereocenters. The standard InChI is InChI=1S/C15H23NO3S/c1-9(14(18)19)20-8-13(17)16-15-5-10-2-11(6-15)4-12(3-10)7-15/h9-12H,2-8H2,1H3,(H,16,17)(H,18,19)/t9-,10?,11?,12?,15?/m1/s1. The Morgan fingerprint density at radius 1 is 1.20 bits per heavy atom. The van der Waals surface area contributed by atoms with Gasteiger partial charge in [0, 0.05) is 5.54 Å². The predicted octanol–water partition coefficient (Wildman–Crippen LogP) is 2.28. The van der Waals surface area contributed by atoms with Crippen LogP contribution in [0.15, 0.2) is 0 Å². The maximum Gasteiger partial charge on any atom is 0.316 e. The van der Waals surface area contributed by atoms with E-state index in [9.17, 15) is 9.59 Å². The van der Waals surface area contributed by atoms with Gasteiger partial charge in [0.25, 0.3) is 0 Å². The molecule has 4 aliphatic carbocycles. The minimum atomic E-state index is -0.849. The molecule has 0 aromatic heterocycles. The molecule has 0 aromatic rings. The molecule has 0 saturated heterocycles. The van der Waals surface area contributed by atoms with Gasteiger partial charge in [-0.15, -0.1) is 11.8 Å². The normalized spacial score (nSPS) is 39.5. The van der Waals surface area contributed by atoms with Gasteiger partial charge in [0.1, 0.15) is 0 Å². The van der Waals surface area contributed by atoms with Crippen LogP contribution in [0.2, 0.25) is 0 Å². The lowest BCUT2D eigenvalue weighted by Crippen LogP contribution is -2.60. The zero-order chi connectivity index (χ0) is 14.3. The molecule has 4 nitrogen and oxygen atoms in total. The van der Waals surface area contributed by atoms with Crippen molar-refractivity contribution < 1.29 is 14.7 Å². The van der Waals surface area contributed by atoms with Crippen LogP contribution in [0.1, 0.15) is 45.4 Å². The van der Waals surface area contributed by atoms with Crippen LogP contribution >= 0.6 is 11.8 Å². The Balaban J connectivity index is 1.55. The van der Waals surface area contributed by atoms with Gasteiger partial charge in [-0.2, -0.15) is 0 Å². The highest BCUT2D eigenvalue weighted by Gasteiger charge is 2.51. The smallest absolute Gasteiger partial charge is 0.316 e. The first-order valence-corrected chi connectivity index (χ1v) is 8.66. The van der Waals surface area contributed by atoms with Gasteiger partial charge in [0.05, 0.1) is 11.0 Å². The quantitative estimate of drug-likeness (QED) is 0.817. The predicted molar refractivity (Wildman–Crippen MR) is 78.6 cm³/mol. The van der Waals surface area contributed by atoms with E-state index in [1.807, 2.05) is 0 Å². The summed E-state index contributed by atoms with van der Waals surface area (Å²) in [4.78, 5) is 22.9. The van der Waals surface area contributed by atoms with Gasteiger partial charge < -0.3 is 10.4 Å². The number of carbonyl (C=O) groups excluding carboxylic acids is 1. The molecule has 4 saturated carbocycles. The summed E-state index contributed by atoms with van der Waals surface area (Å²) in [5.74, 6) is 1.86. The van der Waals surface area contributed by atoms with E-state index in [4.69, 9.17) is 5.11 Å². The van der Waals surface area contributed by atoms with E-state index in [1.54, 1.807) is 6.92 Å². The van der Waals surface area contributed by atoms with Gasteiger partial charge in [-0.1, -0.05) is 0 Å². The van der Waals surface area contributed by atoms with E-state index < -0.39 is 11.2 Å². The highest BCUT2D eigenvalue weighted by atomic mass is 32.2. The van der Waals surface area contributed by atoms with Gasteiger partial charge in [-0.05, 0) is 63.2 Å². The number of carboxylic acids is 1. The molecule has 0 aromatic carbocycles. The van der Waals surface area contributed by atoms with E-state index in [2.05, 4.69) is 5.32 Å². The number of aliphatic carboxylic acids is 1. The molecule has 0 radical (unpaired) electrons. The minimum Gasteiger partial charge on any atom is -0.480 e. The van der Waals surface area contributed by atoms with Crippen molar-refractivity contribution >= 4 is 23.6 Å². The Labute approximate surface area is 124 Å². The van der Waals surface area contributed by atoms with Gasteiger partial charge >= 0.3 is 5.97 Å². The van der Waals surface area contributed by atoms with Crippen molar-refractivity contribution in [3.05, 3.63) is 0 Å². The summed E-state index contributed by atoms with van der Waals surface area (Å²) < 4.78 is 0. The fourth-order valence-electron chi connectivity index (χ4n) is 4.87. The third kappa shape index (κ3) is 2.83. The highest BCUT2D eigenvalue weighted by Crippen LogP contribution is 2.55. The molecular formula is C15H23NO3S. The number of carbonyl (C=O) groups is 2. The zero-order valence-electron chi connectivity index (χ0n) is 11.9. The molecule has 4 bridgehead atoms. The number of carboxylic acid groups (broad SMARTS) is 1. The summed E-state index contributed by atoms with van der Waals surface area (Å²) in [7, 11) is 0. The number of nitrogens with one attached hydrogen (secondary N) is 1. The maximum atomic E-state index is 12.1. The maximum absolute atomic E-state index is 12.1. The number of rotatable bonds is 5. The SMILES string of the molecule is C[C@@H](SCC(=O)NC12CC3CC(CC(C3)C1)C2)C(=O)O. The third-order valence-corrected chi connectivity index (χ3v) is 6.39. The van der Waals surface area contributed by atoms with Gasteiger partial charge in [-0.25, -0.2) is 0 Å². The fraction of sp³-hybridized carbons (Fsp3) is 0.867. The lowest BCUT2D eigenvalue weighted by atomic mass is 9.53. The van der Waals surface area contributed by atoms with Crippen LogP contribution in [0.3, 0.4) is 0 Å². The molecule has 2 N–H and O–H groups in total. The Kier molecular flexibility index (Phi) is 3.73. The van der Waals surface area contributed by atoms with Crippen molar-refractivity contribution in [2.24, 2.45) is 17.8 Å². The van der Waals surface area contributed by atoms with Crippen molar-refractivity contribution in [2.75, 3.05) is 5.75 Å². The lowest BCUT2D eigenvalue weighted by molar-refractivity contribution is -0.136. The van der Waals surface area contributed by atoms with E-state index >= 15 is 0 Å². The van der Waals surface area contributed by atoms with Crippen molar-refractivity contribution in [1.29, 1.82) is 0 Å². The van der Waals surface area contributed by atoms with Gasteiger partial charge in [-0.3, -0.25) is 9.59 Å². The fourth-order valence-corrected chi connectivity index (χ4v) is 5.48. The van der Waals surface area contributed by atoms with Crippen LogP contribution in [-0.2, 0) is 9.59 Å². The highest BCUT2D eigenvalue weighted by molar-refractivity contribution is 8.01. The molecule has 4 aliphatic rings. The first-order valence-electron chi connectivity index (χ1n) is 7.61. The van der Waals surface area contributed by atoms with E-state index in [0.717, 1.165) is 37.0 Å². The summed E-state index contributed by atoms with van der Waals surface area (Å²) in [6, 6.07) is 0. The molecular weight excluding hydrogens is 274 g/mol. The van der Waals surface area contributed by atoms with Gasteiger partial charge in [0.15, 0.2) is 0 Å². The summed E-state index contributed by atoms with van der Waals surface area (Å²) in [6.45, 7) is 1.63. The Morgan fingerprint density at radius 3 is 2.15 bits per heavy atom. The molecule has 20 heavy (non-hydrogen) atoms. The van der Waals surface area contributed by atoms with E-state index in [0.29, 0.717) is 0 Å². The van der Waals surface area contributed by atoms with Crippen LogP contribution in [0, 0.1) is 17.8 Å². The minimum absolute atomic E-state index is 0.0186. The zero-order valence-corrected chi connectivity index (χ0v) is 12.7. The first kappa shape index (κ1) is 14.2. The van der Waals surface area contributed by atoms with Crippen LogP contribution in [0.4, 0.5) is 0 Å². The van der Waals surface area contributed by atoms with Crippen LogP contribution in [0.5, 0.6) is 0 Å². The molecule has 5 heteroatoms. The van der Waals surface area contributed by atoms with Crippen molar-refractivity contribution in [1.82, 2.24) is 5.32 Å². The molecule has 1 amide bonds. The summed E-state index contributed by atoms with van der Waals surface area (Å²) in [5.41, 5.74) is 0.0405. The monoisotopic (exact) mass is 297 g/mol. The molecule has 0 spiro atoms. The van der Waals surface area contributed by atoms with Gasteiger partial charge in [0.2, 0.25) is 5.91 Å². The molecule has 112 valence electrons. The average Bonchev–Trinajstić information content (AvgIpc) is 2.33. The second-order valence-electron chi connectivity index (χ2n) is 7.04. The van der Waals surface area contributed by atoms with Crippen LogP contribution in [-0.4, -0.2) is 33.5 Å². The van der Waals surface area contributed by atoms with Crippen LogP contribution < -0.4 is 5.32 Å². The Hall–Kier alpha value is -0.710. The van der Waals surface area contributed by atoms with Crippen molar-refractivity contribution in [3.8, 4) is 0 Å². The average molecular weight is 297 g/mol.